The van der Waals surface area contributed by atoms with Gasteiger partial charge >= 0.3 is 0 Å². The summed E-state index contributed by atoms with van der Waals surface area (Å²) in [6.07, 6.45) is 1.97. The molecule has 0 aliphatic carbocycles. The predicted octanol–water partition coefficient (Wildman–Crippen LogP) is 4.33. The molecule has 0 bridgehead atoms. The lowest BCUT2D eigenvalue weighted by Gasteiger charge is -2.09. The normalized spacial score (nSPS) is 11.0. The highest BCUT2D eigenvalue weighted by Gasteiger charge is 2.17. The molecule has 0 aliphatic heterocycles. The molecule has 0 aliphatic rings. The maximum absolute atomic E-state index is 12.1. The Kier molecular flexibility index (Phi) is 4.38. The van der Waals surface area contributed by atoms with Crippen molar-refractivity contribution in [1.82, 2.24) is 15.0 Å². The molecule has 2 heterocycles. The summed E-state index contributed by atoms with van der Waals surface area (Å²) in [7, 11) is 0. The van der Waals surface area contributed by atoms with Crippen LogP contribution in [0.4, 0.5) is 5.82 Å². The molecule has 4 rings (SSSR count). The first kappa shape index (κ1) is 16.9. The molecule has 2 aromatic heterocycles. The lowest BCUT2D eigenvalue weighted by Crippen LogP contribution is -2.13. The summed E-state index contributed by atoms with van der Waals surface area (Å²) >= 11 is 0. The number of amides is 1. The average molecular weight is 358 g/mol. The van der Waals surface area contributed by atoms with Crippen LogP contribution in [-0.2, 0) is 4.79 Å². The second-order valence-corrected chi connectivity index (χ2v) is 6.29. The minimum Gasteiger partial charge on any atom is -0.351 e. The Balaban J connectivity index is 1.92. The lowest BCUT2D eigenvalue weighted by atomic mass is 10.1. The van der Waals surface area contributed by atoms with Crippen molar-refractivity contribution in [2.45, 2.75) is 19.8 Å². The molecule has 0 unspecified atom stereocenters. The van der Waals surface area contributed by atoms with Crippen molar-refractivity contribution in [3.8, 4) is 11.5 Å². The zero-order chi connectivity index (χ0) is 18.8. The van der Waals surface area contributed by atoms with Gasteiger partial charge in [0.1, 0.15) is 5.82 Å². The highest BCUT2D eigenvalue weighted by molar-refractivity contribution is 6.05. The average Bonchev–Trinajstić information content (AvgIpc) is 3.06. The number of aromatic amines is 1. The summed E-state index contributed by atoms with van der Waals surface area (Å²) in [5.74, 6) is 0.725. The summed E-state index contributed by atoms with van der Waals surface area (Å²) in [5.41, 5.74) is 2.59. The van der Waals surface area contributed by atoms with E-state index in [9.17, 15) is 9.59 Å². The van der Waals surface area contributed by atoms with Gasteiger partial charge in [0.15, 0.2) is 12.1 Å². The molecule has 6 heteroatoms. The third kappa shape index (κ3) is 3.06. The number of aldehydes is 1. The van der Waals surface area contributed by atoms with Gasteiger partial charge < -0.3 is 10.3 Å². The monoisotopic (exact) mass is 358 g/mol. The van der Waals surface area contributed by atoms with Gasteiger partial charge in [-0.15, -0.1) is 0 Å². The predicted molar refractivity (Wildman–Crippen MR) is 106 cm³/mol. The number of carbonyl (C=O) groups is 2. The van der Waals surface area contributed by atoms with Crippen molar-refractivity contribution in [1.29, 1.82) is 0 Å². The Morgan fingerprint density at radius 3 is 2.59 bits per heavy atom. The largest absolute Gasteiger partial charge is 0.351 e. The number of hydrogen-bond donors (Lipinski definition) is 2. The molecule has 27 heavy (non-hydrogen) atoms. The van der Waals surface area contributed by atoms with E-state index in [0.29, 0.717) is 34.8 Å². The zero-order valence-corrected chi connectivity index (χ0v) is 14.8. The zero-order valence-electron chi connectivity index (χ0n) is 14.8. The van der Waals surface area contributed by atoms with Gasteiger partial charge in [-0.25, -0.2) is 9.97 Å². The van der Waals surface area contributed by atoms with Gasteiger partial charge in [-0.3, -0.25) is 9.59 Å². The summed E-state index contributed by atoms with van der Waals surface area (Å²) in [5, 5.41) is 4.45. The van der Waals surface area contributed by atoms with Crippen molar-refractivity contribution in [2.75, 3.05) is 5.32 Å². The number of nitrogens with one attached hydrogen (secondary N) is 2. The summed E-state index contributed by atoms with van der Waals surface area (Å²) in [6, 6.07) is 15.0. The summed E-state index contributed by atoms with van der Waals surface area (Å²) in [4.78, 5) is 36.3. The molecule has 6 nitrogen and oxygen atoms in total. The van der Waals surface area contributed by atoms with E-state index in [-0.39, 0.29) is 5.91 Å². The topological polar surface area (TPSA) is 87.7 Å². The Bertz CT molecular complexity index is 1160. The molecule has 0 saturated carbocycles. The molecular formula is C21H18N4O2. The fraction of sp³-hybridized carbons (Fsp3) is 0.143. The molecular weight excluding hydrogens is 340 g/mol. The van der Waals surface area contributed by atoms with Gasteiger partial charge in [0.05, 0.1) is 16.8 Å². The quantitative estimate of drug-likeness (QED) is 0.520. The van der Waals surface area contributed by atoms with Crippen LogP contribution in [0.5, 0.6) is 0 Å². The van der Waals surface area contributed by atoms with Crippen LogP contribution in [-0.4, -0.2) is 27.1 Å². The molecule has 2 N–H and O–H groups in total. The van der Waals surface area contributed by atoms with Gasteiger partial charge in [0, 0.05) is 22.7 Å². The number of aromatic nitrogens is 3. The standard InChI is InChI=1S/C21H18N4O2/c1-2-7-18(27)24-20-14-9-4-6-11-17(14)23-21(25-20)19-15(12-26)13-8-3-5-10-16(13)22-19/h3-6,8-12,22H,2,7H2,1H3,(H,23,24,25,27). The van der Waals surface area contributed by atoms with Crippen molar-refractivity contribution < 1.29 is 9.59 Å². The number of rotatable bonds is 5. The van der Waals surface area contributed by atoms with Crippen molar-refractivity contribution in [2.24, 2.45) is 0 Å². The van der Waals surface area contributed by atoms with Crippen LogP contribution in [0.25, 0.3) is 33.3 Å². The van der Waals surface area contributed by atoms with E-state index in [1.54, 1.807) is 0 Å². The van der Waals surface area contributed by atoms with Gasteiger partial charge in [0.2, 0.25) is 5.91 Å². The Labute approximate surface area is 155 Å². The van der Waals surface area contributed by atoms with Crippen LogP contribution in [0, 0.1) is 0 Å². The summed E-state index contributed by atoms with van der Waals surface area (Å²) < 4.78 is 0. The smallest absolute Gasteiger partial charge is 0.225 e. The number of fused-ring (bicyclic) bond motifs is 2. The number of H-pyrrole nitrogens is 1. The SMILES string of the molecule is CCCC(=O)Nc1nc(-c2[nH]c3ccccc3c2C=O)nc2ccccc12. The van der Waals surface area contributed by atoms with Crippen LogP contribution >= 0.6 is 0 Å². The van der Waals surface area contributed by atoms with Gasteiger partial charge in [-0.1, -0.05) is 37.3 Å². The van der Waals surface area contributed by atoms with E-state index >= 15 is 0 Å². The Hall–Kier alpha value is -3.54. The van der Waals surface area contributed by atoms with E-state index in [1.165, 1.54) is 0 Å². The number of carbonyl (C=O) groups excluding carboxylic acids is 2. The maximum atomic E-state index is 12.1. The molecule has 0 radical (unpaired) electrons. The molecule has 4 aromatic rings. The van der Waals surface area contributed by atoms with Gasteiger partial charge in [0.25, 0.3) is 0 Å². The first-order chi connectivity index (χ1) is 13.2. The molecule has 0 saturated heterocycles. The van der Waals surface area contributed by atoms with Crippen LogP contribution in [0.1, 0.15) is 30.1 Å². The molecule has 0 atom stereocenters. The number of anilines is 1. The number of hydrogen-bond acceptors (Lipinski definition) is 4. The highest BCUT2D eigenvalue weighted by Crippen LogP contribution is 2.30. The fourth-order valence-electron chi connectivity index (χ4n) is 3.17. The minimum absolute atomic E-state index is 0.0976. The van der Waals surface area contributed by atoms with Crippen LogP contribution < -0.4 is 5.32 Å². The van der Waals surface area contributed by atoms with Crippen LogP contribution in [0.3, 0.4) is 0 Å². The highest BCUT2D eigenvalue weighted by atomic mass is 16.1. The van der Waals surface area contributed by atoms with Crippen molar-refractivity contribution >= 4 is 39.8 Å². The van der Waals surface area contributed by atoms with E-state index in [2.05, 4.69) is 20.3 Å². The Morgan fingerprint density at radius 1 is 1.07 bits per heavy atom. The Morgan fingerprint density at radius 2 is 1.81 bits per heavy atom. The maximum Gasteiger partial charge on any atom is 0.225 e. The molecule has 1 amide bonds. The van der Waals surface area contributed by atoms with E-state index in [4.69, 9.17) is 0 Å². The third-order valence-electron chi connectivity index (χ3n) is 4.43. The second kappa shape index (κ2) is 6.99. The summed E-state index contributed by atoms with van der Waals surface area (Å²) in [6.45, 7) is 1.95. The van der Waals surface area contributed by atoms with E-state index in [0.717, 1.165) is 29.0 Å². The van der Waals surface area contributed by atoms with E-state index in [1.807, 2.05) is 55.5 Å². The van der Waals surface area contributed by atoms with Crippen molar-refractivity contribution in [3.05, 3.63) is 54.1 Å². The first-order valence-electron chi connectivity index (χ1n) is 8.84. The molecule has 134 valence electrons. The number of nitrogens with zero attached hydrogens (tertiary/aromatic N) is 2. The molecule has 2 aromatic carbocycles. The van der Waals surface area contributed by atoms with Gasteiger partial charge in [-0.2, -0.15) is 0 Å². The number of benzene rings is 2. The fourth-order valence-corrected chi connectivity index (χ4v) is 3.17. The van der Waals surface area contributed by atoms with Crippen LogP contribution in [0.2, 0.25) is 0 Å². The minimum atomic E-state index is -0.0976. The first-order valence-corrected chi connectivity index (χ1v) is 8.84. The third-order valence-corrected chi connectivity index (χ3v) is 4.43. The van der Waals surface area contributed by atoms with Crippen LogP contribution in [0.15, 0.2) is 48.5 Å². The van der Waals surface area contributed by atoms with E-state index < -0.39 is 0 Å². The molecule has 0 fully saturated rings. The van der Waals surface area contributed by atoms with Gasteiger partial charge in [-0.05, 0) is 24.6 Å². The number of para-hydroxylation sites is 2. The van der Waals surface area contributed by atoms with Crippen molar-refractivity contribution in [3.63, 3.8) is 0 Å². The lowest BCUT2D eigenvalue weighted by molar-refractivity contribution is -0.116. The molecule has 0 spiro atoms. The second-order valence-electron chi connectivity index (χ2n) is 6.29.